The van der Waals surface area contributed by atoms with Gasteiger partial charge in [-0.25, -0.2) is 0 Å². The van der Waals surface area contributed by atoms with E-state index in [1.807, 2.05) is 43.7 Å². The van der Waals surface area contributed by atoms with Gasteiger partial charge in [0, 0.05) is 37.0 Å². The van der Waals surface area contributed by atoms with Gasteiger partial charge in [0.05, 0.1) is 47.7 Å². The lowest BCUT2D eigenvalue weighted by atomic mass is 9.95. The maximum atomic E-state index is 13.1. The second-order valence-corrected chi connectivity index (χ2v) is 10.2. The van der Waals surface area contributed by atoms with Gasteiger partial charge in [-0.3, -0.25) is 19.2 Å². The van der Waals surface area contributed by atoms with E-state index in [9.17, 15) is 9.59 Å². The molecule has 3 aromatic rings. The quantitative estimate of drug-likeness (QED) is 0.471. The number of aromatic nitrogens is 2. The molecule has 0 unspecified atom stereocenters. The molecule has 1 aliphatic rings. The van der Waals surface area contributed by atoms with Crippen LogP contribution < -0.4 is 10.6 Å². The average molecular weight is 534 g/mol. The maximum Gasteiger partial charge on any atom is 0.257 e. The van der Waals surface area contributed by atoms with E-state index in [4.69, 9.17) is 16.3 Å². The number of hydrogen-bond acceptors (Lipinski definition) is 5. The Balaban J connectivity index is 0.00000361. The number of ether oxygens (including phenoxy) is 1. The molecular weight excluding hydrogens is 501 g/mol. The molecule has 2 aromatic carbocycles. The molecule has 10 heteroatoms. The number of nitrogens with zero attached hydrogens (tertiary/aromatic N) is 3. The minimum atomic E-state index is -0.488. The summed E-state index contributed by atoms with van der Waals surface area (Å²) in [4.78, 5) is 27.7. The minimum absolute atomic E-state index is 0. The number of anilines is 1. The Hall–Kier alpha value is -2.65. The van der Waals surface area contributed by atoms with Crippen LogP contribution in [-0.2, 0) is 22.6 Å². The first-order valence-electron chi connectivity index (χ1n) is 11.8. The van der Waals surface area contributed by atoms with Gasteiger partial charge in [0.25, 0.3) is 5.91 Å². The molecule has 1 aromatic heterocycles. The van der Waals surface area contributed by atoms with Crippen molar-refractivity contribution < 1.29 is 14.3 Å². The Labute approximate surface area is 222 Å². The van der Waals surface area contributed by atoms with Crippen molar-refractivity contribution in [3.8, 4) is 0 Å². The number of morpholine rings is 1. The molecule has 2 amide bonds. The molecule has 0 radical (unpaired) electrons. The highest BCUT2D eigenvalue weighted by Crippen LogP contribution is 2.26. The molecule has 0 aliphatic carbocycles. The molecule has 0 bridgehead atoms. The number of rotatable bonds is 7. The van der Waals surface area contributed by atoms with E-state index in [1.165, 1.54) is 0 Å². The van der Waals surface area contributed by atoms with Gasteiger partial charge in [-0.05, 0) is 29.8 Å². The summed E-state index contributed by atoms with van der Waals surface area (Å²) in [7, 11) is 0. The zero-order chi connectivity index (χ0) is 25.0. The summed E-state index contributed by atoms with van der Waals surface area (Å²) in [5.41, 5.74) is 2.29. The normalized spacial score (nSPS) is 14.3. The number of benzene rings is 2. The van der Waals surface area contributed by atoms with Crippen molar-refractivity contribution >= 4 is 52.4 Å². The van der Waals surface area contributed by atoms with E-state index in [0.29, 0.717) is 22.8 Å². The third kappa shape index (κ3) is 6.76. The highest BCUT2D eigenvalue weighted by molar-refractivity contribution is 6.34. The number of nitrogens with one attached hydrogen (secondary N) is 2. The van der Waals surface area contributed by atoms with E-state index < -0.39 is 5.41 Å². The Morgan fingerprint density at radius 3 is 2.58 bits per heavy atom. The van der Waals surface area contributed by atoms with Gasteiger partial charge in [0.1, 0.15) is 0 Å². The lowest BCUT2D eigenvalue weighted by Crippen LogP contribution is -2.38. The molecule has 2 N–H and O–H groups in total. The fraction of sp³-hybridized carbons (Fsp3) is 0.423. The largest absolute Gasteiger partial charge is 0.379 e. The smallest absolute Gasteiger partial charge is 0.257 e. The minimum Gasteiger partial charge on any atom is -0.379 e. The molecule has 1 aliphatic heterocycles. The van der Waals surface area contributed by atoms with Crippen molar-refractivity contribution in [1.29, 1.82) is 0 Å². The average Bonchev–Trinajstić information content (AvgIpc) is 3.26. The number of hydrogen-bond donors (Lipinski definition) is 2. The highest BCUT2D eigenvalue weighted by atomic mass is 35.5. The Morgan fingerprint density at radius 1 is 1.11 bits per heavy atom. The summed E-state index contributed by atoms with van der Waals surface area (Å²) in [6, 6.07) is 11.0. The Morgan fingerprint density at radius 2 is 1.86 bits per heavy atom. The molecule has 4 rings (SSSR count). The molecule has 1 fully saturated rings. The van der Waals surface area contributed by atoms with Crippen LogP contribution in [0.2, 0.25) is 5.02 Å². The van der Waals surface area contributed by atoms with Crippen LogP contribution in [0.15, 0.2) is 42.6 Å². The summed E-state index contributed by atoms with van der Waals surface area (Å²) < 4.78 is 7.38. The Kier molecular flexibility index (Phi) is 9.35. The van der Waals surface area contributed by atoms with Crippen molar-refractivity contribution in [3.05, 3.63) is 58.7 Å². The summed E-state index contributed by atoms with van der Waals surface area (Å²) in [5, 5.41) is 11.7. The van der Waals surface area contributed by atoms with Crippen LogP contribution in [0.1, 0.15) is 36.7 Å². The van der Waals surface area contributed by atoms with Gasteiger partial charge in [-0.2, -0.15) is 5.10 Å². The zero-order valence-electron chi connectivity index (χ0n) is 20.8. The van der Waals surface area contributed by atoms with Crippen LogP contribution in [0.3, 0.4) is 0 Å². The first-order valence-corrected chi connectivity index (χ1v) is 12.2. The number of halogens is 2. The fourth-order valence-corrected chi connectivity index (χ4v) is 4.15. The summed E-state index contributed by atoms with van der Waals surface area (Å²) in [5.74, 6) is -0.372. The van der Waals surface area contributed by atoms with Crippen LogP contribution in [0, 0.1) is 5.41 Å². The summed E-state index contributed by atoms with van der Waals surface area (Å²) in [6.45, 7) is 10.9. The molecule has 0 saturated carbocycles. The lowest BCUT2D eigenvalue weighted by molar-refractivity contribution is -0.128. The molecule has 0 spiro atoms. The first-order chi connectivity index (χ1) is 16.7. The lowest BCUT2D eigenvalue weighted by Gasteiger charge is -2.26. The molecule has 0 atom stereocenters. The van der Waals surface area contributed by atoms with Crippen LogP contribution in [0.25, 0.3) is 10.9 Å². The number of fused-ring (bicyclic) bond motifs is 1. The van der Waals surface area contributed by atoms with Crippen LogP contribution in [-0.4, -0.2) is 59.3 Å². The van der Waals surface area contributed by atoms with Crippen LogP contribution in [0.5, 0.6) is 0 Å². The molecule has 1 saturated heterocycles. The third-order valence-electron chi connectivity index (χ3n) is 6.08. The van der Waals surface area contributed by atoms with Crippen LogP contribution in [0.4, 0.5) is 5.69 Å². The summed E-state index contributed by atoms with van der Waals surface area (Å²) >= 11 is 6.35. The van der Waals surface area contributed by atoms with Crippen molar-refractivity contribution in [1.82, 2.24) is 20.0 Å². The standard InChI is InChI=1S/C26H32ClN5O3.ClH/c1-26(2,3)25(34)28-16-18-7-8-21(27)19(15-18)24(33)30-22-5-4-6-23-20(22)17-29-32(23)10-9-31-11-13-35-14-12-31;/h4-8,15,17H,9-14,16H2,1-3H3,(H,28,34)(H,30,33);1H. The highest BCUT2D eigenvalue weighted by Gasteiger charge is 2.21. The summed E-state index contributed by atoms with van der Waals surface area (Å²) in [6.07, 6.45) is 1.78. The van der Waals surface area contributed by atoms with Crippen molar-refractivity contribution in [2.75, 3.05) is 38.2 Å². The van der Waals surface area contributed by atoms with E-state index in [1.54, 1.807) is 24.4 Å². The molecule has 2 heterocycles. The predicted octanol–water partition coefficient (Wildman–Crippen LogP) is 4.36. The van der Waals surface area contributed by atoms with Gasteiger partial charge in [0.2, 0.25) is 5.91 Å². The van der Waals surface area contributed by atoms with Gasteiger partial charge < -0.3 is 15.4 Å². The van der Waals surface area contributed by atoms with Crippen molar-refractivity contribution in [2.45, 2.75) is 33.9 Å². The van der Waals surface area contributed by atoms with E-state index >= 15 is 0 Å². The Bertz CT molecular complexity index is 1220. The third-order valence-corrected chi connectivity index (χ3v) is 6.41. The monoisotopic (exact) mass is 533 g/mol. The SMILES string of the molecule is CC(C)(C)C(=O)NCc1ccc(Cl)c(C(=O)Nc2cccc3c2cnn3CCN2CCOCC2)c1.Cl. The van der Waals surface area contributed by atoms with Gasteiger partial charge in [0.15, 0.2) is 0 Å². The van der Waals surface area contributed by atoms with Crippen LogP contribution >= 0.6 is 24.0 Å². The van der Waals surface area contributed by atoms with E-state index in [2.05, 4.69) is 20.6 Å². The van der Waals surface area contributed by atoms with Crippen molar-refractivity contribution in [3.63, 3.8) is 0 Å². The first kappa shape index (κ1) is 27.9. The zero-order valence-corrected chi connectivity index (χ0v) is 22.4. The van der Waals surface area contributed by atoms with Crippen molar-refractivity contribution in [2.24, 2.45) is 5.41 Å². The molecule has 36 heavy (non-hydrogen) atoms. The molecule has 8 nitrogen and oxygen atoms in total. The molecule has 194 valence electrons. The van der Waals surface area contributed by atoms with Gasteiger partial charge in [-0.1, -0.05) is 44.5 Å². The predicted molar refractivity (Wildman–Crippen MR) is 145 cm³/mol. The molecular formula is C26H33Cl2N5O3. The van der Waals surface area contributed by atoms with Gasteiger partial charge >= 0.3 is 0 Å². The number of carbonyl (C=O) groups is 2. The van der Waals surface area contributed by atoms with Gasteiger partial charge in [-0.15, -0.1) is 12.4 Å². The second-order valence-electron chi connectivity index (χ2n) is 9.76. The number of carbonyl (C=O) groups excluding carboxylic acids is 2. The maximum absolute atomic E-state index is 13.1. The number of amides is 2. The second kappa shape index (κ2) is 12.1. The van der Waals surface area contributed by atoms with E-state index in [-0.39, 0.29) is 24.2 Å². The topological polar surface area (TPSA) is 88.5 Å². The van der Waals surface area contributed by atoms with E-state index in [0.717, 1.165) is 55.9 Å². The fourth-order valence-electron chi connectivity index (χ4n) is 3.95.